The zero-order chi connectivity index (χ0) is 18.0. The third-order valence-corrected chi connectivity index (χ3v) is 4.28. The first-order chi connectivity index (χ1) is 12.1. The van der Waals surface area contributed by atoms with Gasteiger partial charge in [0.1, 0.15) is 17.5 Å². The molecular weight excluding hydrogens is 320 g/mol. The van der Waals surface area contributed by atoms with Crippen molar-refractivity contribution in [3.8, 4) is 11.5 Å². The maximum absolute atomic E-state index is 13.0. The SMILES string of the molecule is CCC1C(=O)N(c2ccc(OC)cc2)C(=O)N1c1ccc(OC)cc1. The molecule has 6 nitrogen and oxygen atoms in total. The van der Waals surface area contributed by atoms with Crippen molar-refractivity contribution in [2.75, 3.05) is 24.0 Å². The van der Waals surface area contributed by atoms with Crippen LogP contribution < -0.4 is 19.3 Å². The zero-order valence-electron chi connectivity index (χ0n) is 14.4. The highest BCUT2D eigenvalue weighted by Crippen LogP contribution is 2.32. The molecule has 25 heavy (non-hydrogen) atoms. The Morgan fingerprint density at radius 1 is 0.840 bits per heavy atom. The lowest BCUT2D eigenvalue weighted by Gasteiger charge is -2.21. The molecule has 3 amide bonds. The van der Waals surface area contributed by atoms with Gasteiger partial charge < -0.3 is 9.47 Å². The van der Waals surface area contributed by atoms with E-state index in [9.17, 15) is 9.59 Å². The van der Waals surface area contributed by atoms with Crippen molar-refractivity contribution >= 4 is 23.3 Å². The number of carbonyl (C=O) groups is 2. The lowest BCUT2D eigenvalue weighted by molar-refractivity contribution is -0.118. The van der Waals surface area contributed by atoms with Crippen LogP contribution in [0.2, 0.25) is 0 Å². The van der Waals surface area contributed by atoms with Gasteiger partial charge in [0.05, 0.1) is 19.9 Å². The molecular formula is C19H20N2O4. The fourth-order valence-electron chi connectivity index (χ4n) is 2.95. The summed E-state index contributed by atoms with van der Waals surface area (Å²) in [4.78, 5) is 28.5. The van der Waals surface area contributed by atoms with E-state index in [0.717, 1.165) is 0 Å². The average molecular weight is 340 g/mol. The van der Waals surface area contributed by atoms with E-state index in [1.54, 1.807) is 62.8 Å². The topological polar surface area (TPSA) is 59.1 Å². The second-order valence-corrected chi connectivity index (χ2v) is 5.65. The van der Waals surface area contributed by atoms with Crippen LogP contribution in [-0.4, -0.2) is 32.2 Å². The van der Waals surface area contributed by atoms with E-state index in [2.05, 4.69) is 0 Å². The third kappa shape index (κ3) is 2.91. The molecule has 1 aliphatic heterocycles. The van der Waals surface area contributed by atoms with E-state index in [0.29, 0.717) is 29.3 Å². The Labute approximate surface area is 146 Å². The largest absolute Gasteiger partial charge is 0.497 e. The summed E-state index contributed by atoms with van der Waals surface area (Å²) in [5, 5.41) is 0. The van der Waals surface area contributed by atoms with Crippen molar-refractivity contribution < 1.29 is 19.1 Å². The maximum atomic E-state index is 13.0. The van der Waals surface area contributed by atoms with Crippen LogP contribution in [0.4, 0.5) is 16.2 Å². The van der Waals surface area contributed by atoms with Gasteiger partial charge in [-0.1, -0.05) is 6.92 Å². The molecule has 1 fully saturated rings. The number of rotatable bonds is 5. The van der Waals surface area contributed by atoms with Gasteiger partial charge in [0.15, 0.2) is 0 Å². The molecule has 1 unspecified atom stereocenters. The molecule has 6 heteroatoms. The summed E-state index contributed by atoms with van der Waals surface area (Å²) in [5.74, 6) is 1.14. The Morgan fingerprint density at radius 2 is 1.32 bits per heavy atom. The normalized spacial score (nSPS) is 17.2. The van der Waals surface area contributed by atoms with Gasteiger partial charge in [-0.2, -0.15) is 0 Å². The molecule has 1 atom stereocenters. The monoisotopic (exact) mass is 340 g/mol. The fourth-order valence-corrected chi connectivity index (χ4v) is 2.95. The third-order valence-electron chi connectivity index (χ3n) is 4.28. The zero-order valence-corrected chi connectivity index (χ0v) is 14.4. The number of methoxy groups -OCH3 is 2. The van der Waals surface area contributed by atoms with Gasteiger partial charge in [-0.25, -0.2) is 9.69 Å². The first-order valence-electron chi connectivity index (χ1n) is 8.06. The van der Waals surface area contributed by atoms with E-state index in [4.69, 9.17) is 9.47 Å². The second kappa shape index (κ2) is 6.84. The van der Waals surface area contributed by atoms with Crippen LogP contribution >= 0.6 is 0 Å². The van der Waals surface area contributed by atoms with Crippen molar-refractivity contribution in [3.63, 3.8) is 0 Å². The van der Waals surface area contributed by atoms with Gasteiger partial charge in [0.25, 0.3) is 5.91 Å². The van der Waals surface area contributed by atoms with Crippen LogP contribution in [0, 0.1) is 0 Å². The smallest absolute Gasteiger partial charge is 0.336 e. The number of hydrogen-bond acceptors (Lipinski definition) is 4. The first-order valence-corrected chi connectivity index (χ1v) is 8.06. The van der Waals surface area contributed by atoms with E-state index < -0.39 is 6.04 Å². The summed E-state index contributed by atoms with van der Waals surface area (Å²) in [6, 6.07) is 13.1. The number of benzene rings is 2. The second-order valence-electron chi connectivity index (χ2n) is 5.65. The van der Waals surface area contributed by atoms with Gasteiger partial charge in [0.2, 0.25) is 0 Å². The van der Waals surface area contributed by atoms with E-state index >= 15 is 0 Å². The van der Waals surface area contributed by atoms with E-state index in [-0.39, 0.29) is 11.9 Å². The minimum Gasteiger partial charge on any atom is -0.497 e. The summed E-state index contributed by atoms with van der Waals surface area (Å²) in [6.45, 7) is 1.89. The van der Waals surface area contributed by atoms with Gasteiger partial charge in [-0.3, -0.25) is 9.69 Å². The van der Waals surface area contributed by atoms with Crippen molar-refractivity contribution in [2.45, 2.75) is 19.4 Å². The summed E-state index contributed by atoms with van der Waals surface area (Å²) >= 11 is 0. The Hall–Kier alpha value is -3.02. The average Bonchev–Trinajstić information content (AvgIpc) is 2.91. The highest BCUT2D eigenvalue weighted by Gasteiger charge is 2.45. The predicted octanol–water partition coefficient (Wildman–Crippen LogP) is 3.46. The fraction of sp³-hybridized carbons (Fsp3) is 0.263. The number of ether oxygens (including phenoxy) is 2. The van der Waals surface area contributed by atoms with E-state index in [1.165, 1.54) is 9.80 Å². The molecule has 2 aromatic carbocycles. The number of amides is 3. The van der Waals surface area contributed by atoms with Crippen LogP contribution in [0.15, 0.2) is 48.5 Å². The lowest BCUT2D eigenvalue weighted by Crippen LogP contribution is -2.34. The number of carbonyl (C=O) groups excluding carboxylic acids is 2. The van der Waals surface area contributed by atoms with Gasteiger partial charge >= 0.3 is 6.03 Å². The van der Waals surface area contributed by atoms with Crippen molar-refractivity contribution in [3.05, 3.63) is 48.5 Å². The van der Waals surface area contributed by atoms with Crippen LogP contribution in [-0.2, 0) is 4.79 Å². The van der Waals surface area contributed by atoms with Gasteiger partial charge in [-0.15, -0.1) is 0 Å². The van der Waals surface area contributed by atoms with Gasteiger partial charge in [-0.05, 0) is 55.0 Å². The Bertz CT molecular complexity index is 771. The Kier molecular flexibility index (Phi) is 4.61. The molecule has 1 heterocycles. The molecule has 0 N–H and O–H groups in total. The number of nitrogens with zero attached hydrogens (tertiary/aromatic N) is 2. The van der Waals surface area contributed by atoms with Crippen LogP contribution in [0.5, 0.6) is 11.5 Å². The number of anilines is 2. The molecule has 3 rings (SSSR count). The van der Waals surface area contributed by atoms with E-state index in [1.807, 2.05) is 6.92 Å². The molecule has 130 valence electrons. The minimum absolute atomic E-state index is 0.228. The van der Waals surface area contributed by atoms with Crippen molar-refractivity contribution in [1.82, 2.24) is 0 Å². The van der Waals surface area contributed by atoms with Crippen LogP contribution in [0.1, 0.15) is 13.3 Å². The van der Waals surface area contributed by atoms with Crippen molar-refractivity contribution in [1.29, 1.82) is 0 Å². The first kappa shape index (κ1) is 16.8. The highest BCUT2D eigenvalue weighted by molar-refractivity contribution is 6.28. The maximum Gasteiger partial charge on any atom is 0.336 e. The standard InChI is InChI=1S/C19H20N2O4/c1-4-17-18(22)21(14-7-11-16(25-3)12-8-14)19(23)20(17)13-5-9-15(24-2)10-6-13/h5-12,17H,4H2,1-3H3. The Morgan fingerprint density at radius 3 is 1.76 bits per heavy atom. The summed E-state index contributed by atoms with van der Waals surface area (Å²) < 4.78 is 10.3. The molecule has 0 radical (unpaired) electrons. The number of urea groups is 1. The summed E-state index contributed by atoms with van der Waals surface area (Å²) in [5.41, 5.74) is 1.20. The molecule has 1 aliphatic rings. The molecule has 0 spiro atoms. The van der Waals surface area contributed by atoms with Crippen LogP contribution in [0.25, 0.3) is 0 Å². The molecule has 0 bridgehead atoms. The predicted molar refractivity (Wildman–Crippen MR) is 95.4 cm³/mol. The minimum atomic E-state index is -0.525. The lowest BCUT2D eigenvalue weighted by atomic mass is 10.1. The summed E-state index contributed by atoms with van der Waals surface area (Å²) in [6.07, 6.45) is 0.531. The quantitative estimate of drug-likeness (QED) is 0.782. The molecule has 0 aromatic heterocycles. The highest BCUT2D eigenvalue weighted by atomic mass is 16.5. The van der Waals surface area contributed by atoms with Gasteiger partial charge in [0, 0.05) is 5.69 Å². The summed E-state index contributed by atoms with van der Waals surface area (Å²) in [7, 11) is 3.15. The number of hydrogen-bond donors (Lipinski definition) is 0. The number of imide groups is 1. The molecule has 1 saturated heterocycles. The molecule has 0 saturated carbocycles. The molecule has 0 aliphatic carbocycles. The van der Waals surface area contributed by atoms with Crippen molar-refractivity contribution in [2.24, 2.45) is 0 Å². The molecule has 2 aromatic rings. The van der Waals surface area contributed by atoms with Crippen LogP contribution in [0.3, 0.4) is 0 Å². The Balaban J connectivity index is 1.96.